The Morgan fingerprint density at radius 2 is 2.00 bits per heavy atom. The summed E-state index contributed by atoms with van der Waals surface area (Å²) in [7, 11) is 0. The van der Waals surface area contributed by atoms with E-state index in [0.717, 1.165) is 49.6 Å². The van der Waals surface area contributed by atoms with E-state index in [-0.39, 0.29) is 6.03 Å². The molecule has 0 radical (unpaired) electrons. The van der Waals surface area contributed by atoms with Crippen LogP contribution in [-0.4, -0.2) is 48.1 Å². The van der Waals surface area contributed by atoms with Crippen molar-refractivity contribution in [2.24, 2.45) is 0 Å². The summed E-state index contributed by atoms with van der Waals surface area (Å²) in [6.07, 6.45) is 3.96. The fourth-order valence-electron chi connectivity index (χ4n) is 3.63. The number of aromatic amines is 1. The Balaban J connectivity index is 1.53. The number of fused-ring (bicyclic) bond motifs is 1. The van der Waals surface area contributed by atoms with E-state index in [4.69, 9.17) is 11.6 Å². The van der Waals surface area contributed by atoms with Gasteiger partial charge in [-0.1, -0.05) is 11.6 Å². The van der Waals surface area contributed by atoms with Gasteiger partial charge in [-0.25, -0.2) is 4.79 Å². The maximum atomic E-state index is 11.8. The van der Waals surface area contributed by atoms with Gasteiger partial charge in [0.25, 0.3) is 0 Å². The molecule has 1 aromatic carbocycles. The van der Waals surface area contributed by atoms with Crippen LogP contribution in [0.15, 0.2) is 24.4 Å². The second-order valence-electron chi connectivity index (χ2n) is 6.01. The molecule has 2 saturated heterocycles. The fourth-order valence-corrected chi connectivity index (χ4v) is 3.84. The first-order chi connectivity index (χ1) is 10.7. The number of nitrogens with one attached hydrogen (secondary N) is 2. The molecule has 2 aliphatic rings. The predicted molar refractivity (Wildman–Crippen MR) is 88.6 cm³/mol. The molecule has 22 heavy (non-hydrogen) atoms. The molecule has 0 bridgehead atoms. The number of benzene rings is 1. The van der Waals surface area contributed by atoms with Gasteiger partial charge in [-0.3, -0.25) is 0 Å². The monoisotopic (exact) mass is 318 g/mol. The minimum absolute atomic E-state index is 0.0919. The number of rotatable bonds is 2. The Hall–Kier alpha value is -1.88. The van der Waals surface area contributed by atoms with E-state index >= 15 is 0 Å². The average molecular weight is 319 g/mol. The van der Waals surface area contributed by atoms with Crippen LogP contribution < -0.4 is 10.2 Å². The second-order valence-corrected chi connectivity index (χ2v) is 6.44. The summed E-state index contributed by atoms with van der Waals surface area (Å²) < 4.78 is 0. The molecular formula is C16H19ClN4O. The lowest BCUT2D eigenvalue weighted by Crippen LogP contribution is -2.46. The van der Waals surface area contributed by atoms with Crippen molar-refractivity contribution in [3.63, 3.8) is 0 Å². The van der Waals surface area contributed by atoms with Crippen LogP contribution in [0.1, 0.15) is 12.8 Å². The van der Waals surface area contributed by atoms with Crippen LogP contribution in [0.4, 0.5) is 10.5 Å². The molecule has 0 saturated carbocycles. The highest BCUT2D eigenvalue weighted by atomic mass is 35.5. The number of halogens is 1. The molecule has 2 amide bonds. The van der Waals surface area contributed by atoms with E-state index < -0.39 is 0 Å². The van der Waals surface area contributed by atoms with Crippen LogP contribution in [0.2, 0.25) is 5.02 Å². The van der Waals surface area contributed by atoms with E-state index in [9.17, 15) is 4.79 Å². The van der Waals surface area contributed by atoms with E-state index in [1.165, 1.54) is 11.1 Å². The van der Waals surface area contributed by atoms with Crippen molar-refractivity contribution in [3.05, 3.63) is 29.4 Å². The SMILES string of the molecule is O=C1NCCN1C1CCN(c2cc(Cl)cc3[nH]ccc23)CC1. The molecule has 0 unspecified atom stereocenters. The minimum atomic E-state index is 0.0919. The molecular weight excluding hydrogens is 300 g/mol. The summed E-state index contributed by atoms with van der Waals surface area (Å²) in [4.78, 5) is 19.4. The molecule has 6 heteroatoms. The first kappa shape index (κ1) is 13.8. The third-order valence-corrected chi connectivity index (χ3v) is 4.97. The van der Waals surface area contributed by atoms with Crippen LogP contribution >= 0.6 is 11.6 Å². The van der Waals surface area contributed by atoms with Crippen LogP contribution in [-0.2, 0) is 0 Å². The summed E-state index contributed by atoms with van der Waals surface area (Å²) in [6, 6.07) is 6.55. The number of urea groups is 1. The summed E-state index contributed by atoms with van der Waals surface area (Å²) in [5.41, 5.74) is 2.26. The number of nitrogens with zero attached hydrogens (tertiary/aromatic N) is 2. The first-order valence-electron chi connectivity index (χ1n) is 7.78. The van der Waals surface area contributed by atoms with Gasteiger partial charge in [-0.2, -0.15) is 0 Å². The van der Waals surface area contributed by atoms with Crippen molar-refractivity contribution in [1.29, 1.82) is 0 Å². The number of aromatic nitrogens is 1. The predicted octanol–water partition coefficient (Wildman–Crippen LogP) is 2.82. The van der Waals surface area contributed by atoms with Gasteiger partial charge in [0.15, 0.2) is 0 Å². The number of amides is 2. The smallest absolute Gasteiger partial charge is 0.317 e. The summed E-state index contributed by atoms with van der Waals surface area (Å²) in [6.45, 7) is 3.52. The van der Waals surface area contributed by atoms with Crippen molar-refractivity contribution >= 4 is 34.2 Å². The van der Waals surface area contributed by atoms with Crippen molar-refractivity contribution < 1.29 is 4.79 Å². The molecule has 2 N–H and O–H groups in total. The van der Waals surface area contributed by atoms with Gasteiger partial charge in [0.2, 0.25) is 0 Å². The number of H-pyrrole nitrogens is 1. The maximum absolute atomic E-state index is 11.8. The Labute approximate surface area is 134 Å². The fraction of sp³-hybridized carbons (Fsp3) is 0.438. The molecule has 2 aromatic rings. The molecule has 3 heterocycles. The van der Waals surface area contributed by atoms with Crippen molar-refractivity contribution in [2.45, 2.75) is 18.9 Å². The van der Waals surface area contributed by atoms with E-state index in [2.05, 4.69) is 21.3 Å². The zero-order valence-electron chi connectivity index (χ0n) is 12.3. The Morgan fingerprint density at radius 3 is 2.73 bits per heavy atom. The highest BCUT2D eigenvalue weighted by molar-refractivity contribution is 6.31. The number of anilines is 1. The minimum Gasteiger partial charge on any atom is -0.371 e. The van der Waals surface area contributed by atoms with Gasteiger partial charge in [-0.15, -0.1) is 0 Å². The highest BCUT2D eigenvalue weighted by Crippen LogP contribution is 2.32. The number of piperidine rings is 1. The summed E-state index contributed by atoms with van der Waals surface area (Å²) in [5, 5.41) is 4.86. The van der Waals surface area contributed by atoms with Crippen molar-refractivity contribution in [3.8, 4) is 0 Å². The van der Waals surface area contributed by atoms with Crippen molar-refractivity contribution in [2.75, 3.05) is 31.1 Å². The van der Waals surface area contributed by atoms with Gasteiger partial charge in [0.1, 0.15) is 0 Å². The molecule has 2 aliphatic heterocycles. The molecule has 4 rings (SSSR count). The number of carbonyl (C=O) groups excluding carboxylic acids is 1. The van der Waals surface area contributed by atoms with Crippen LogP contribution in [0.5, 0.6) is 0 Å². The molecule has 0 spiro atoms. The van der Waals surface area contributed by atoms with Crippen molar-refractivity contribution in [1.82, 2.24) is 15.2 Å². The maximum Gasteiger partial charge on any atom is 0.317 e. The quantitative estimate of drug-likeness (QED) is 0.894. The Morgan fingerprint density at radius 1 is 1.18 bits per heavy atom. The Bertz CT molecular complexity index is 705. The topological polar surface area (TPSA) is 51.4 Å². The standard InChI is InChI=1S/C16H19ClN4O/c17-11-9-14-13(1-4-18-14)15(10-11)20-6-2-12(3-7-20)21-8-5-19-16(21)22/h1,4,9-10,12,18H,2-3,5-8H2,(H,19,22). The lowest BCUT2D eigenvalue weighted by Gasteiger charge is -2.37. The lowest BCUT2D eigenvalue weighted by molar-refractivity contribution is 0.186. The normalized spacial score (nSPS) is 20.0. The highest BCUT2D eigenvalue weighted by Gasteiger charge is 2.31. The molecule has 0 aliphatic carbocycles. The van der Waals surface area contributed by atoms with Gasteiger partial charge >= 0.3 is 6.03 Å². The number of hydrogen-bond acceptors (Lipinski definition) is 2. The van der Waals surface area contributed by atoms with Gasteiger partial charge < -0.3 is 20.1 Å². The van der Waals surface area contributed by atoms with E-state index in [1.807, 2.05) is 23.2 Å². The zero-order chi connectivity index (χ0) is 15.1. The third kappa shape index (κ3) is 2.29. The van der Waals surface area contributed by atoms with E-state index in [1.54, 1.807) is 0 Å². The van der Waals surface area contributed by atoms with Crippen LogP contribution in [0.3, 0.4) is 0 Å². The van der Waals surface area contributed by atoms with Crippen LogP contribution in [0, 0.1) is 0 Å². The van der Waals surface area contributed by atoms with Gasteiger partial charge in [-0.05, 0) is 31.0 Å². The summed E-state index contributed by atoms with van der Waals surface area (Å²) >= 11 is 6.24. The third-order valence-electron chi connectivity index (χ3n) is 4.75. The van der Waals surface area contributed by atoms with E-state index in [0.29, 0.717) is 6.04 Å². The molecule has 5 nitrogen and oxygen atoms in total. The Kier molecular flexibility index (Phi) is 3.37. The van der Waals surface area contributed by atoms with Gasteiger partial charge in [0.05, 0.1) is 0 Å². The first-order valence-corrected chi connectivity index (χ1v) is 8.16. The molecule has 2 fully saturated rings. The zero-order valence-corrected chi connectivity index (χ0v) is 13.1. The molecule has 1 aromatic heterocycles. The molecule has 116 valence electrons. The number of carbonyl (C=O) groups is 1. The second kappa shape index (κ2) is 5.39. The van der Waals surface area contributed by atoms with Crippen LogP contribution in [0.25, 0.3) is 10.9 Å². The lowest BCUT2D eigenvalue weighted by atomic mass is 10.0. The molecule has 0 atom stereocenters. The average Bonchev–Trinajstić information content (AvgIpc) is 3.15. The summed E-state index contributed by atoms with van der Waals surface area (Å²) in [5.74, 6) is 0. The number of hydrogen-bond donors (Lipinski definition) is 2. The largest absolute Gasteiger partial charge is 0.371 e. The van der Waals surface area contributed by atoms with Gasteiger partial charge in [0, 0.05) is 60.0 Å².